The molecule has 0 saturated heterocycles. The smallest absolute Gasteiger partial charge is 0.251 e. The van der Waals surface area contributed by atoms with Crippen LogP contribution >= 0.6 is 0 Å². The lowest BCUT2D eigenvalue weighted by atomic mass is 9.87. The fourth-order valence-electron chi connectivity index (χ4n) is 3.86. The second kappa shape index (κ2) is 5.55. The minimum Gasteiger partial charge on any atom is -0.382 e. The van der Waals surface area contributed by atoms with E-state index in [-0.39, 0.29) is 5.91 Å². The van der Waals surface area contributed by atoms with Crippen molar-refractivity contribution >= 4 is 11.6 Å². The van der Waals surface area contributed by atoms with Gasteiger partial charge in [0.2, 0.25) is 0 Å². The summed E-state index contributed by atoms with van der Waals surface area (Å²) in [5, 5.41) is 6.32. The highest BCUT2D eigenvalue weighted by atomic mass is 16.1. The Kier molecular flexibility index (Phi) is 3.75. The maximum absolute atomic E-state index is 11.7. The molecule has 0 radical (unpaired) electrons. The molecule has 1 aromatic rings. The van der Waals surface area contributed by atoms with E-state index in [9.17, 15) is 4.79 Å². The molecule has 1 saturated carbocycles. The fourth-order valence-corrected chi connectivity index (χ4v) is 3.86. The Morgan fingerprint density at radius 2 is 2.10 bits per heavy atom. The zero-order valence-corrected chi connectivity index (χ0v) is 13.0. The highest BCUT2D eigenvalue weighted by molar-refractivity contribution is 5.94. The Labute approximate surface area is 126 Å². The molecule has 3 heteroatoms. The van der Waals surface area contributed by atoms with Gasteiger partial charge < -0.3 is 10.6 Å². The van der Waals surface area contributed by atoms with Crippen LogP contribution < -0.4 is 10.6 Å². The van der Waals surface area contributed by atoms with E-state index in [1.165, 1.54) is 12.8 Å². The van der Waals surface area contributed by atoms with Crippen LogP contribution in [-0.4, -0.2) is 19.0 Å². The summed E-state index contributed by atoms with van der Waals surface area (Å²) < 4.78 is 0. The molecular formula is C18H24N2O. The standard InChI is InChI=1S/C18H24N2O/c1-11-8-15(18(21)19-3)6-7-17(11)20-12(2)16-10-13-4-5-14(16)9-13/h4-8,12-14,16,20H,9-10H2,1-3H3,(H,19,21). The lowest BCUT2D eigenvalue weighted by Crippen LogP contribution is -2.29. The predicted molar refractivity (Wildman–Crippen MR) is 86.5 cm³/mol. The number of rotatable bonds is 4. The van der Waals surface area contributed by atoms with E-state index in [0.717, 1.165) is 34.6 Å². The Balaban J connectivity index is 1.70. The van der Waals surface area contributed by atoms with Gasteiger partial charge in [-0.05, 0) is 68.2 Å². The number of hydrogen-bond donors (Lipinski definition) is 2. The first-order chi connectivity index (χ1) is 10.1. The van der Waals surface area contributed by atoms with Crippen molar-refractivity contribution in [3.63, 3.8) is 0 Å². The van der Waals surface area contributed by atoms with Crippen molar-refractivity contribution in [3.8, 4) is 0 Å². The number of carbonyl (C=O) groups excluding carboxylic acids is 1. The number of benzene rings is 1. The number of amides is 1. The Morgan fingerprint density at radius 3 is 2.67 bits per heavy atom. The molecule has 2 aliphatic rings. The Bertz CT molecular complexity index is 579. The first kappa shape index (κ1) is 14.2. The van der Waals surface area contributed by atoms with E-state index >= 15 is 0 Å². The van der Waals surface area contributed by atoms with E-state index in [1.54, 1.807) is 7.05 Å². The minimum absolute atomic E-state index is 0.0315. The molecule has 1 fully saturated rings. The van der Waals surface area contributed by atoms with Crippen molar-refractivity contribution in [2.45, 2.75) is 32.7 Å². The van der Waals surface area contributed by atoms with Gasteiger partial charge in [0.05, 0.1) is 0 Å². The highest BCUT2D eigenvalue weighted by Crippen LogP contribution is 2.45. The monoisotopic (exact) mass is 284 g/mol. The number of nitrogens with one attached hydrogen (secondary N) is 2. The third-order valence-electron chi connectivity index (χ3n) is 5.07. The summed E-state index contributed by atoms with van der Waals surface area (Å²) in [4.78, 5) is 11.7. The van der Waals surface area contributed by atoms with E-state index in [2.05, 4.69) is 36.6 Å². The first-order valence-electron chi connectivity index (χ1n) is 7.86. The van der Waals surface area contributed by atoms with Gasteiger partial charge in [0.1, 0.15) is 0 Å². The van der Waals surface area contributed by atoms with Gasteiger partial charge in [-0.25, -0.2) is 0 Å². The lowest BCUT2D eigenvalue weighted by Gasteiger charge is -2.27. The summed E-state index contributed by atoms with van der Waals surface area (Å²) in [7, 11) is 1.66. The summed E-state index contributed by atoms with van der Waals surface area (Å²) in [5.41, 5.74) is 2.99. The van der Waals surface area contributed by atoms with Gasteiger partial charge in [0, 0.05) is 24.3 Å². The third kappa shape index (κ3) is 2.69. The van der Waals surface area contributed by atoms with Crippen LogP contribution in [0.5, 0.6) is 0 Å². The van der Waals surface area contributed by atoms with Crippen LogP contribution in [0.1, 0.15) is 35.7 Å². The largest absolute Gasteiger partial charge is 0.382 e. The zero-order chi connectivity index (χ0) is 15.0. The van der Waals surface area contributed by atoms with Crippen molar-refractivity contribution in [3.05, 3.63) is 41.5 Å². The van der Waals surface area contributed by atoms with Crippen LogP contribution in [-0.2, 0) is 0 Å². The predicted octanol–water partition coefficient (Wildman–Crippen LogP) is 3.37. The van der Waals surface area contributed by atoms with Crippen LogP contribution in [0, 0.1) is 24.7 Å². The topological polar surface area (TPSA) is 41.1 Å². The van der Waals surface area contributed by atoms with Gasteiger partial charge in [0.15, 0.2) is 0 Å². The van der Waals surface area contributed by atoms with Crippen molar-refractivity contribution < 1.29 is 4.79 Å². The van der Waals surface area contributed by atoms with Gasteiger partial charge in [-0.1, -0.05) is 12.2 Å². The van der Waals surface area contributed by atoms with Crippen LogP contribution in [0.15, 0.2) is 30.4 Å². The summed E-state index contributed by atoms with van der Waals surface area (Å²) >= 11 is 0. The molecule has 2 bridgehead atoms. The molecular weight excluding hydrogens is 260 g/mol. The van der Waals surface area contributed by atoms with Gasteiger partial charge in [-0.15, -0.1) is 0 Å². The molecule has 4 unspecified atom stereocenters. The van der Waals surface area contributed by atoms with Gasteiger partial charge in [-0.3, -0.25) is 4.79 Å². The molecule has 2 N–H and O–H groups in total. The lowest BCUT2D eigenvalue weighted by molar-refractivity contribution is 0.0963. The van der Waals surface area contributed by atoms with Gasteiger partial charge >= 0.3 is 0 Å². The van der Waals surface area contributed by atoms with E-state index in [1.807, 2.05) is 18.2 Å². The summed E-state index contributed by atoms with van der Waals surface area (Å²) in [6.07, 6.45) is 7.44. The van der Waals surface area contributed by atoms with E-state index in [0.29, 0.717) is 6.04 Å². The average Bonchev–Trinajstić information content (AvgIpc) is 3.11. The molecule has 21 heavy (non-hydrogen) atoms. The molecule has 2 aliphatic carbocycles. The maximum Gasteiger partial charge on any atom is 0.251 e. The fraction of sp³-hybridized carbons (Fsp3) is 0.500. The maximum atomic E-state index is 11.7. The van der Waals surface area contributed by atoms with Crippen molar-refractivity contribution in [1.82, 2.24) is 5.32 Å². The van der Waals surface area contributed by atoms with Crippen molar-refractivity contribution in [2.24, 2.45) is 17.8 Å². The molecule has 0 aromatic heterocycles. The third-order valence-corrected chi connectivity index (χ3v) is 5.07. The van der Waals surface area contributed by atoms with Crippen molar-refractivity contribution in [2.75, 3.05) is 12.4 Å². The van der Waals surface area contributed by atoms with Gasteiger partial charge in [0.25, 0.3) is 5.91 Å². The molecule has 1 aromatic carbocycles. The van der Waals surface area contributed by atoms with Gasteiger partial charge in [-0.2, -0.15) is 0 Å². The number of anilines is 1. The molecule has 4 atom stereocenters. The van der Waals surface area contributed by atoms with Crippen LogP contribution in [0.3, 0.4) is 0 Å². The number of hydrogen-bond acceptors (Lipinski definition) is 2. The number of fused-ring (bicyclic) bond motifs is 2. The van der Waals surface area contributed by atoms with E-state index < -0.39 is 0 Å². The molecule has 0 aliphatic heterocycles. The zero-order valence-electron chi connectivity index (χ0n) is 13.0. The minimum atomic E-state index is -0.0315. The first-order valence-corrected chi connectivity index (χ1v) is 7.86. The van der Waals surface area contributed by atoms with Crippen LogP contribution in [0.4, 0.5) is 5.69 Å². The number of carbonyl (C=O) groups is 1. The van der Waals surface area contributed by atoms with Crippen LogP contribution in [0.25, 0.3) is 0 Å². The summed E-state index contributed by atoms with van der Waals surface area (Å²) in [5.74, 6) is 2.26. The second-order valence-electron chi connectivity index (χ2n) is 6.49. The summed E-state index contributed by atoms with van der Waals surface area (Å²) in [6.45, 7) is 4.34. The van der Waals surface area contributed by atoms with Crippen molar-refractivity contribution in [1.29, 1.82) is 0 Å². The molecule has 3 nitrogen and oxygen atoms in total. The second-order valence-corrected chi connectivity index (χ2v) is 6.49. The quantitative estimate of drug-likeness (QED) is 0.832. The number of aryl methyl sites for hydroxylation is 1. The Hall–Kier alpha value is -1.77. The molecule has 0 heterocycles. The van der Waals surface area contributed by atoms with Crippen LogP contribution in [0.2, 0.25) is 0 Å². The average molecular weight is 284 g/mol. The summed E-state index contributed by atoms with van der Waals surface area (Å²) in [6, 6.07) is 6.34. The Morgan fingerprint density at radius 1 is 1.29 bits per heavy atom. The van der Waals surface area contributed by atoms with E-state index in [4.69, 9.17) is 0 Å². The molecule has 3 rings (SSSR count). The normalized spacial score (nSPS) is 27.7. The highest BCUT2D eigenvalue weighted by Gasteiger charge is 2.38. The molecule has 0 spiro atoms. The molecule has 1 amide bonds. The molecule has 112 valence electrons. The SMILES string of the molecule is CNC(=O)c1ccc(NC(C)C2CC3C=CC2C3)c(C)c1. The number of allylic oxidation sites excluding steroid dienone is 2.